The number of thiophene rings is 1. The van der Waals surface area contributed by atoms with Crippen LogP contribution in [-0.4, -0.2) is 42.0 Å². The molecule has 1 aliphatic heterocycles. The first-order chi connectivity index (χ1) is 16.6. The second-order valence-electron chi connectivity index (χ2n) is 8.96. The van der Waals surface area contributed by atoms with Crippen molar-refractivity contribution in [1.82, 2.24) is 4.90 Å². The van der Waals surface area contributed by atoms with Crippen LogP contribution in [0.15, 0.2) is 66.7 Å². The molecule has 0 atom stereocenters. The number of nitrogens with zero attached hydrogens (tertiary/aromatic N) is 1. The topological polar surface area (TPSA) is 49.8 Å². The molecule has 1 fully saturated rings. The van der Waals surface area contributed by atoms with Gasteiger partial charge in [-0.2, -0.15) is 0 Å². The lowest BCUT2D eigenvalue weighted by Gasteiger charge is -2.26. The van der Waals surface area contributed by atoms with E-state index < -0.39 is 0 Å². The van der Waals surface area contributed by atoms with Crippen molar-refractivity contribution in [2.24, 2.45) is 0 Å². The van der Waals surface area contributed by atoms with Crippen molar-refractivity contribution >= 4 is 27.2 Å². The molecular formula is C29H29NO3S. The minimum absolute atomic E-state index is 0.00181. The average molecular weight is 472 g/mol. The molecule has 34 heavy (non-hydrogen) atoms. The van der Waals surface area contributed by atoms with Gasteiger partial charge in [-0.1, -0.05) is 18.6 Å². The van der Waals surface area contributed by atoms with Crippen LogP contribution >= 0.6 is 11.3 Å². The van der Waals surface area contributed by atoms with Crippen LogP contribution in [0.4, 0.5) is 0 Å². The largest absolute Gasteiger partial charge is 0.508 e. The van der Waals surface area contributed by atoms with Gasteiger partial charge in [0.15, 0.2) is 5.78 Å². The highest BCUT2D eigenvalue weighted by Gasteiger charge is 2.22. The molecule has 1 aromatic heterocycles. The fraction of sp³-hybridized carbons (Fsp3) is 0.276. The van der Waals surface area contributed by atoms with Crippen LogP contribution in [0.5, 0.6) is 11.5 Å². The van der Waals surface area contributed by atoms with E-state index in [1.165, 1.54) is 19.3 Å². The van der Waals surface area contributed by atoms with Gasteiger partial charge in [-0.25, -0.2) is 0 Å². The number of carbonyl (C=O) groups excluding carboxylic acids is 1. The summed E-state index contributed by atoms with van der Waals surface area (Å²) in [5.74, 6) is 1.00. The minimum atomic E-state index is -0.00181. The molecular weight excluding hydrogens is 442 g/mol. The zero-order valence-electron chi connectivity index (χ0n) is 19.4. The molecule has 0 saturated carbocycles. The van der Waals surface area contributed by atoms with Crippen molar-refractivity contribution in [2.75, 3.05) is 26.2 Å². The maximum Gasteiger partial charge on any atom is 0.195 e. The third kappa shape index (κ3) is 4.86. The zero-order valence-corrected chi connectivity index (χ0v) is 20.2. The molecule has 3 aromatic carbocycles. The highest BCUT2D eigenvalue weighted by Crippen LogP contribution is 2.40. The Hall–Kier alpha value is -3.15. The van der Waals surface area contributed by atoms with Gasteiger partial charge < -0.3 is 9.84 Å². The molecule has 174 valence electrons. The molecule has 0 bridgehead atoms. The lowest BCUT2D eigenvalue weighted by molar-refractivity contribution is 0.104. The molecule has 1 saturated heterocycles. The summed E-state index contributed by atoms with van der Waals surface area (Å²) in [5, 5.41) is 10.7. The Bertz CT molecular complexity index is 1290. The van der Waals surface area contributed by atoms with E-state index >= 15 is 0 Å². The number of phenols is 1. The number of ketones is 1. The van der Waals surface area contributed by atoms with Crippen LogP contribution in [0, 0.1) is 6.92 Å². The summed E-state index contributed by atoms with van der Waals surface area (Å²) >= 11 is 1.62. The molecule has 1 aliphatic rings. The van der Waals surface area contributed by atoms with Gasteiger partial charge in [0.1, 0.15) is 18.1 Å². The molecule has 0 spiro atoms. The smallest absolute Gasteiger partial charge is 0.195 e. The normalized spacial score (nSPS) is 14.4. The molecule has 0 aliphatic carbocycles. The maximum absolute atomic E-state index is 13.7. The SMILES string of the molecule is Cc1ccc2c(C(=O)c3ccc(OCCN4CCCCC4)cc3)c(-c3ccc(O)cc3)sc2c1. The molecule has 2 heterocycles. The number of hydrogen-bond donors (Lipinski definition) is 1. The van der Waals surface area contributed by atoms with Gasteiger partial charge in [0, 0.05) is 32.6 Å². The van der Waals surface area contributed by atoms with Crippen molar-refractivity contribution < 1.29 is 14.6 Å². The van der Waals surface area contributed by atoms with E-state index in [2.05, 4.69) is 17.9 Å². The molecule has 4 nitrogen and oxygen atoms in total. The Balaban J connectivity index is 1.39. The zero-order chi connectivity index (χ0) is 23.5. The predicted octanol–water partition coefficient (Wildman–Crippen LogP) is 6.68. The van der Waals surface area contributed by atoms with Gasteiger partial charge in [0.05, 0.1) is 0 Å². The van der Waals surface area contributed by atoms with E-state index in [0.29, 0.717) is 17.7 Å². The summed E-state index contributed by atoms with van der Waals surface area (Å²) in [6.07, 6.45) is 3.89. The Kier molecular flexibility index (Phi) is 6.66. The van der Waals surface area contributed by atoms with Crippen molar-refractivity contribution in [3.63, 3.8) is 0 Å². The number of aryl methyl sites for hydroxylation is 1. The fourth-order valence-corrected chi connectivity index (χ4v) is 5.87. The Morgan fingerprint density at radius 1 is 0.971 bits per heavy atom. The van der Waals surface area contributed by atoms with Gasteiger partial charge in [-0.05, 0) is 98.6 Å². The van der Waals surface area contributed by atoms with E-state index in [1.807, 2.05) is 48.5 Å². The molecule has 5 rings (SSSR count). The number of rotatable bonds is 7. The van der Waals surface area contributed by atoms with Crippen LogP contribution in [0.3, 0.4) is 0 Å². The number of ether oxygens (including phenoxy) is 1. The minimum Gasteiger partial charge on any atom is -0.508 e. The van der Waals surface area contributed by atoms with Gasteiger partial charge in [-0.15, -0.1) is 11.3 Å². The van der Waals surface area contributed by atoms with Crippen molar-refractivity contribution in [1.29, 1.82) is 0 Å². The van der Waals surface area contributed by atoms with Gasteiger partial charge in [-0.3, -0.25) is 9.69 Å². The lowest BCUT2D eigenvalue weighted by atomic mass is 9.97. The Morgan fingerprint density at radius 2 is 1.71 bits per heavy atom. The summed E-state index contributed by atoms with van der Waals surface area (Å²) in [6.45, 7) is 5.98. The van der Waals surface area contributed by atoms with Crippen molar-refractivity contribution in [3.8, 4) is 21.9 Å². The summed E-state index contributed by atoms with van der Waals surface area (Å²) in [4.78, 5) is 17.1. The first-order valence-corrected chi connectivity index (χ1v) is 12.7. The van der Waals surface area contributed by atoms with E-state index in [-0.39, 0.29) is 11.5 Å². The van der Waals surface area contributed by atoms with Gasteiger partial charge in [0.2, 0.25) is 0 Å². The first kappa shape index (κ1) is 22.6. The van der Waals surface area contributed by atoms with E-state index in [9.17, 15) is 9.90 Å². The number of carbonyl (C=O) groups is 1. The second-order valence-corrected chi connectivity index (χ2v) is 10.0. The molecule has 4 aromatic rings. The molecule has 0 amide bonds. The Labute approximate surface area is 204 Å². The van der Waals surface area contributed by atoms with Crippen LogP contribution in [0.25, 0.3) is 20.5 Å². The van der Waals surface area contributed by atoms with Crippen molar-refractivity contribution in [3.05, 3.63) is 83.4 Å². The molecule has 0 unspecified atom stereocenters. The first-order valence-electron chi connectivity index (χ1n) is 11.9. The summed E-state index contributed by atoms with van der Waals surface area (Å²) < 4.78 is 7.03. The highest BCUT2D eigenvalue weighted by molar-refractivity contribution is 7.22. The van der Waals surface area contributed by atoms with Crippen LogP contribution < -0.4 is 4.74 Å². The number of likely N-dealkylation sites (tertiary alicyclic amines) is 1. The van der Waals surface area contributed by atoms with E-state index in [4.69, 9.17) is 4.74 Å². The lowest BCUT2D eigenvalue weighted by Crippen LogP contribution is -2.33. The van der Waals surface area contributed by atoms with Crippen LogP contribution in [0.1, 0.15) is 40.7 Å². The fourth-order valence-electron chi connectivity index (χ4n) is 4.57. The molecule has 0 radical (unpaired) electrons. The third-order valence-corrected chi connectivity index (χ3v) is 7.65. The number of benzene rings is 3. The number of phenolic OH excluding ortho intramolecular Hbond substituents is 1. The number of hydrogen-bond acceptors (Lipinski definition) is 5. The highest BCUT2D eigenvalue weighted by atomic mass is 32.1. The monoisotopic (exact) mass is 471 g/mol. The Morgan fingerprint density at radius 3 is 2.44 bits per heavy atom. The van der Waals surface area contributed by atoms with Crippen LogP contribution in [0.2, 0.25) is 0 Å². The molecule has 1 N–H and O–H groups in total. The maximum atomic E-state index is 13.7. The van der Waals surface area contributed by atoms with E-state index in [0.717, 1.165) is 51.5 Å². The van der Waals surface area contributed by atoms with Crippen LogP contribution in [-0.2, 0) is 0 Å². The second kappa shape index (κ2) is 10.00. The van der Waals surface area contributed by atoms with Gasteiger partial charge in [0.25, 0.3) is 0 Å². The predicted molar refractivity (Wildman–Crippen MR) is 139 cm³/mol. The van der Waals surface area contributed by atoms with E-state index in [1.54, 1.807) is 23.5 Å². The van der Waals surface area contributed by atoms with Gasteiger partial charge >= 0.3 is 0 Å². The van der Waals surface area contributed by atoms with Crippen molar-refractivity contribution in [2.45, 2.75) is 26.2 Å². The number of fused-ring (bicyclic) bond motifs is 1. The summed E-state index contributed by atoms with van der Waals surface area (Å²) in [7, 11) is 0. The molecule has 5 heteroatoms. The summed E-state index contributed by atoms with van der Waals surface area (Å²) in [6, 6.07) is 20.8. The third-order valence-electron chi connectivity index (χ3n) is 6.44. The standard InChI is InChI=1S/C29H29NO3S/c1-20-5-14-25-26(19-20)34-29(22-6-10-23(31)11-7-22)27(25)28(32)21-8-12-24(13-9-21)33-18-17-30-15-3-2-4-16-30/h5-14,19,31H,2-4,15-18H2,1H3. The number of aromatic hydroxyl groups is 1. The average Bonchev–Trinajstić information content (AvgIpc) is 3.23. The number of piperidine rings is 1. The quantitative estimate of drug-likeness (QED) is 0.306. The summed E-state index contributed by atoms with van der Waals surface area (Å²) in [5.41, 5.74) is 3.45.